The SMILES string of the molecule is CC(N)C(=O)N/C=C\Cc1ccccc1. The molecule has 0 radical (unpaired) electrons. The van der Waals surface area contributed by atoms with Gasteiger partial charge in [0.05, 0.1) is 6.04 Å². The first-order valence-electron chi connectivity index (χ1n) is 4.95. The van der Waals surface area contributed by atoms with Gasteiger partial charge in [-0.2, -0.15) is 0 Å². The van der Waals surface area contributed by atoms with E-state index in [2.05, 4.69) is 5.32 Å². The van der Waals surface area contributed by atoms with Crippen molar-refractivity contribution in [2.24, 2.45) is 5.73 Å². The Morgan fingerprint density at radius 3 is 2.73 bits per heavy atom. The molecule has 0 aliphatic heterocycles. The van der Waals surface area contributed by atoms with Crippen molar-refractivity contribution in [3.05, 3.63) is 48.2 Å². The summed E-state index contributed by atoms with van der Waals surface area (Å²) in [6.45, 7) is 1.65. The molecule has 3 N–H and O–H groups in total. The second-order valence-electron chi connectivity index (χ2n) is 3.39. The Kier molecular flexibility index (Phi) is 4.57. The monoisotopic (exact) mass is 204 g/mol. The molecule has 0 bridgehead atoms. The van der Waals surface area contributed by atoms with Crippen LogP contribution in [0, 0.1) is 0 Å². The summed E-state index contributed by atoms with van der Waals surface area (Å²) in [6, 6.07) is 9.57. The van der Waals surface area contributed by atoms with Crippen LogP contribution in [0.3, 0.4) is 0 Å². The Hall–Kier alpha value is -1.61. The largest absolute Gasteiger partial charge is 0.332 e. The van der Waals surface area contributed by atoms with E-state index in [0.29, 0.717) is 0 Å². The molecule has 0 aliphatic carbocycles. The minimum absolute atomic E-state index is 0.167. The molecule has 1 unspecified atom stereocenters. The van der Waals surface area contributed by atoms with Crippen molar-refractivity contribution >= 4 is 5.91 Å². The molecule has 80 valence electrons. The van der Waals surface area contributed by atoms with Crippen LogP contribution in [-0.2, 0) is 11.2 Å². The second kappa shape index (κ2) is 5.98. The van der Waals surface area contributed by atoms with Crippen LogP contribution >= 0.6 is 0 Å². The van der Waals surface area contributed by atoms with Gasteiger partial charge < -0.3 is 11.1 Å². The highest BCUT2D eigenvalue weighted by Crippen LogP contribution is 1.99. The molecule has 3 heteroatoms. The third-order valence-corrected chi connectivity index (χ3v) is 1.95. The number of hydrogen-bond donors (Lipinski definition) is 2. The zero-order valence-electron chi connectivity index (χ0n) is 8.81. The molecular formula is C12H16N2O. The summed E-state index contributed by atoms with van der Waals surface area (Å²) in [6.07, 6.45) is 4.34. The summed E-state index contributed by atoms with van der Waals surface area (Å²) in [4.78, 5) is 11.1. The highest BCUT2D eigenvalue weighted by Gasteiger charge is 2.02. The van der Waals surface area contributed by atoms with Crippen molar-refractivity contribution in [1.82, 2.24) is 5.32 Å². The lowest BCUT2D eigenvalue weighted by atomic mass is 10.1. The van der Waals surface area contributed by atoms with Crippen LogP contribution in [-0.4, -0.2) is 11.9 Å². The van der Waals surface area contributed by atoms with Crippen molar-refractivity contribution in [2.45, 2.75) is 19.4 Å². The van der Waals surface area contributed by atoms with Gasteiger partial charge in [-0.25, -0.2) is 0 Å². The Bertz CT molecular complexity index is 331. The first-order chi connectivity index (χ1) is 7.20. The Labute approximate surface area is 90.0 Å². The fourth-order valence-electron chi connectivity index (χ4n) is 1.08. The van der Waals surface area contributed by atoms with Gasteiger partial charge in [0.2, 0.25) is 5.91 Å². The number of nitrogens with two attached hydrogens (primary N) is 1. The molecular weight excluding hydrogens is 188 g/mol. The topological polar surface area (TPSA) is 55.1 Å². The highest BCUT2D eigenvalue weighted by molar-refractivity contribution is 5.81. The number of hydrogen-bond acceptors (Lipinski definition) is 2. The number of benzene rings is 1. The third kappa shape index (κ3) is 4.42. The normalized spacial score (nSPS) is 12.7. The molecule has 0 heterocycles. The molecule has 1 amide bonds. The molecule has 15 heavy (non-hydrogen) atoms. The zero-order valence-corrected chi connectivity index (χ0v) is 8.81. The van der Waals surface area contributed by atoms with E-state index in [4.69, 9.17) is 5.73 Å². The maximum Gasteiger partial charge on any atom is 0.240 e. The molecule has 0 fully saturated rings. The van der Waals surface area contributed by atoms with Gasteiger partial charge >= 0.3 is 0 Å². The molecule has 1 atom stereocenters. The summed E-state index contributed by atoms with van der Waals surface area (Å²) in [5.74, 6) is -0.167. The molecule has 0 aromatic heterocycles. The highest BCUT2D eigenvalue weighted by atomic mass is 16.2. The van der Waals surface area contributed by atoms with Crippen molar-refractivity contribution in [1.29, 1.82) is 0 Å². The first-order valence-corrected chi connectivity index (χ1v) is 4.95. The number of rotatable bonds is 4. The predicted octanol–water partition coefficient (Wildman–Crippen LogP) is 1.21. The van der Waals surface area contributed by atoms with Gasteiger partial charge in [0.1, 0.15) is 0 Å². The van der Waals surface area contributed by atoms with Gasteiger partial charge in [0.15, 0.2) is 0 Å². The third-order valence-electron chi connectivity index (χ3n) is 1.95. The molecule has 0 spiro atoms. The van der Waals surface area contributed by atoms with Crippen LogP contribution < -0.4 is 11.1 Å². The summed E-state index contributed by atoms with van der Waals surface area (Å²) >= 11 is 0. The summed E-state index contributed by atoms with van der Waals surface area (Å²) in [7, 11) is 0. The summed E-state index contributed by atoms with van der Waals surface area (Å²) < 4.78 is 0. The lowest BCUT2D eigenvalue weighted by Crippen LogP contribution is -2.35. The molecule has 1 aromatic carbocycles. The van der Waals surface area contributed by atoms with E-state index >= 15 is 0 Å². The quantitative estimate of drug-likeness (QED) is 0.774. The summed E-state index contributed by atoms with van der Waals surface area (Å²) in [5.41, 5.74) is 6.60. The van der Waals surface area contributed by atoms with Gasteiger partial charge in [-0.1, -0.05) is 36.4 Å². The number of nitrogens with one attached hydrogen (secondary N) is 1. The molecule has 3 nitrogen and oxygen atoms in total. The van der Waals surface area contributed by atoms with Gasteiger partial charge in [0.25, 0.3) is 0 Å². The van der Waals surface area contributed by atoms with E-state index < -0.39 is 6.04 Å². The van der Waals surface area contributed by atoms with Crippen molar-refractivity contribution in [3.8, 4) is 0 Å². The van der Waals surface area contributed by atoms with E-state index in [-0.39, 0.29) is 5.91 Å². The Morgan fingerprint density at radius 1 is 1.47 bits per heavy atom. The molecule has 1 aromatic rings. The lowest BCUT2D eigenvalue weighted by molar-refractivity contribution is -0.121. The van der Waals surface area contributed by atoms with Crippen LogP contribution in [0.2, 0.25) is 0 Å². The van der Waals surface area contributed by atoms with Crippen molar-refractivity contribution in [3.63, 3.8) is 0 Å². The van der Waals surface area contributed by atoms with Gasteiger partial charge in [0, 0.05) is 6.20 Å². The summed E-state index contributed by atoms with van der Waals surface area (Å²) in [5, 5.41) is 2.61. The fourth-order valence-corrected chi connectivity index (χ4v) is 1.08. The van der Waals surface area contributed by atoms with Crippen LogP contribution in [0.25, 0.3) is 0 Å². The molecule has 0 saturated carbocycles. The molecule has 1 rings (SSSR count). The smallest absolute Gasteiger partial charge is 0.240 e. The maximum atomic E-state index is 11.1. The number of allylic oxidation sites excluding steroid dienone is 1. The van der Waals surface area contributed by atoms with E-state index in [1.54, 1.807) is 13.1 Å². The van der Waals surface area contributed by atoms with Crippen molar-refractivity contribution in [2.75, 3.05) is 0 Å². The van der Waals surface area contributed by atoms with Crippen LogP contribution in [0.1, 0.15) is 12.5 Å². The van der Waals surface area contributed by atoms with E-state index in [9.17, 15) is 4.79 Å². The van der Waals surface area contributed by atoms with Gasteiger partial charge in [-0.05, 0) is 18.9 Å². The van der Waals surface area contributed by atoms with Gasteiger partial charge in [-0.3, -0.25) is 4.79 Å². The number of amides is 1. The first kappa shape index (κ1) is 11.5. The Morgan fingerprint density at radius 2 is 2.13 bits per heavy atom. The van der Waals surface area contributed by atoms with E-state index in [0.717, 1.165) is 6.42 Å². The lowest BCUT2D eigenvalue weighted by Gasteiger charge is -2.02. The van der Waals surface area contributed by atoms with Crippen molar-refractivity contribution < 1.29 is 4.79 Å². The van der Waals surface area contributed by atoms with Crippen LogP contribution in [0.15, 0.2) is 42.6 Å². The fraction of sp³-hybridized carbons (Fsp3) is 0.250. The second-order valence-corrected chi connectivity index (χ2v) is 3.39. The molecule has 0 saturated heterocycles. The van der Waals surface area contributed by atoms with Crippen LogP contribution in [0.4, 0.5) is 0 Å². The Balaban J connectivity index is 2.32. The average Bonchev–Trinajstić information content (AvgIpc) is 2.25. The molecule has 0 aliphatic rings. The average molecular weight is 204 g/mol. The van der Waals surface area contributed by atoms with Crippen LogP contribution in [0.5, 0.6) is 0 Å². The minimum Gasteiger partial charge on any atom is -0.332 e. The van der Waals surface area contributed by atoms with Gasteiger partial charge in [-0.15, -0.1) is 0 Å². The number of carbonyl (C=O) groups is 1. The van der Waals surface area contributed by atoms with E-state index in [1.807, 2.05) is 36.4 Å². The maximum absolute atomic E-state index is 11.1. The van der Waals surface area contributed by atoms with E-state index in [1.165, 1.54) is 5.56 Å². The zero-order chi connectivity index (χ0) is 11.1. The minimum atomic E-state index is -0.466. The predicted molar refractivity (Wildman–Crippen MR) is 61.1 cm³/mol. The number of carbonyl (C=O) groups excluding carboxylic acids is 1. The standard InChI is InChI=1S/C12H16N2O/c1-10(13)12(15)14-9-5-8-11-6-3-2-4-7-11/h2-7,9-10H,8,13H2,1H3,(H,14,15)/b9-5-.